The van der Waals surface area contributed by atoms with Crippen LogP contribution in [0.5, 0.6) is 0 Å². The van der Waals surface area contributed by atoms with Gasteiger partial charge in [-0.1, -0.05) is 12.1 Å². The number of hydrogen-bond acceptors (Lipinski definition) is 2. The van der Waals surface area contributed by atoms with Crippen LogP contribution in [-0.4, -0.2) is 15.3 Å². The molecule has 0 amide bonds. The number of hydrogen-bond donors (Lipinski definition) is 0. The molecule has 3 rings (SSSR count). The predicted octanol–water partition coefficient (Wildman–Crippen LogP) is 2.61. The number of imidazole rings is 1. The first-order chi connectivity index (χ1) is 8.81. The van der Waals surface area contributed by atoms with Gasteiger partial charge in [-0.2, -0.15) is 0 Å². The van der Waals surface area contributed by atoms with Gasteiger partial charge >= 0.3 is 0 Å². The topological polar surface area (TPSA) is 30.2 Å². The molecule has 0 spiro atoms. The Balaban J connectivity index is 1.69. The average molecular weight is 243 g/mol. The highest BCUT2D eigenvalue weighted by Crippen LogP contribution is 2.13. The molecule has 0 saturated carbocycles. The van der Waals surface area contributed by atoms with Gasteiger partial charge in [0.05, 0.1) is 12.9 Å². The number of aromatic nitrogens is 2. The summed E-state index contributed by atoms with van der Waals surface area (Å²) in [5.74, 6) is -0.201. The van der Waals surface area contributed by atoms with E-state index in [1.165, 1.54) is 23.5 Å². The maximum atomic E-state index is 12.8. The quantitative estimate of drug-likeness (QED) is 0.797. The lowest BCUT2D eigenvalue weighted by Gasteiger charge is -2.16. The van der Waals surface area contributed by atoms with Crippen molar-refractivity contribution in [1.82, 2.24) is 9.55 Å². The molecule has 1 aromatic carbocycles. The summed E-state index contributed by atoms with van der Waals surface area (Å²) in [7, 11) is 0. The molecule has 92 valence electrons. The molecular formula is C14H14FN3. The first-order valence-electron chi connectivity index (χ1n) is 6.07. The molecule has 0 unspecified atom stereocenters. The van der Waals surface area contributed by atoms with E-state index in [2.05, 4.69) is 14.5 Å². The summed E-state index contributed by atoms with van der Waals surface area (Å²) in [6.45, 7) is 1.58. The largest absolute Gasteiger partial charge is 0.334 e. The minimum absolute atomic E-state index is 0.201. The Bertz CT molecular complexity index is 569. The van der Waals surface area contributed by atoms with E-state index in [1.54, 1.807) is 12.1 Å². The molecule has 18 heavy (non-hydrogen) atoms. The van der Waals surface area contributed by atoms with Crippen molar-refractivity contribution >= 4 is 5.71 Å². The second kappa shape index (κ2) is 4.72. The highest BCUT2D eigenvalue weighted by atomic mass is 19.1. The van der Waals surface area contributed by atoms with Crippen LogP contribution in [-0.2, 0) is 19.5 Å². The fraction of sp³-hybridized carbons (Fsp3) is 0.286. The number of aryl methyl sites for hydroxylation is 1. The van der Waals surface area contributed by atoms with E-state index in [1.807, 2.05) is 12.5 Å². The number of nitrogens with zero attached hydrogens (tertiary/aromatic N) is 3. The molecule has 2 heterocycles. The Labute approximate surface area is 105 Å². The summed E-state index contributed by atoms with van der Waals surface area (Å²) in [5, 5.41) is 0. The number of benzene rings is 1. The highest BCUT2D eigenvalue weighted by Gasteiger charge is 2.13. The molecule has 0 radical (unpaired) electrons. The molecule has 3 nitrogen and oxygen atoms in total. The van der Waals surface area contributed by atoms with Crippen LogP contribution >= 0.6 is 0 Å². The molecule has 1 aliphatic heterocycles. The van der Waals surface area contributed by atoms with Crippen LogP contribution < -0.4 is 0 Å². The van der Waals surface area contributed by atoms with Crippen LogP contribution in [0.25, 0.3) is 0 Å². The van der Waals surface area contributed by atoms with Crippen LogP contribution in [0.3, 0.4) is 0 Å². The molecule has 0 aliphatic carbocycles. The normalized spacial score (nSPS) is 16.8. The van der Waals surface area contributed by atoms with Gasteiger partial charge in [0.15, 0.2) is 0 Å². The van der Waals surface area contributed by atoms with E-state index in [4.69, 9.17) is 0 Å². The molecule has 1 aliphatic rings. The fourth-order valence-corrected chi connectivity index (χ4v) is 2.17. The zero-order valence-corrected chi connectivity index (χ0v) is 10.0. The third-order valence-electron chi connectivity index (χ3n) is 3.22. The zero-order valence-electron chi connectivity index (χ0n) is 10.0. The summed E-state index contributed by atoms with van der Waals surface area (Å²) in [5.41, 5.74) is 3.47. The maximum Gasteiger partial charge on any atom is 0.123 e. The van der Waals surface area contributed by atoms with Crippen molar-refractivity contribution in [2.75, 3.05) is 0 Å². The van der Waals surface area contributed by atoms with Crippen LogP contribution in [0.2, 0.25) is 0 Å². The van der Waals surface area contributed by atoms with Gasteiger partial charge in [-0.15, -0.1) is 0 Å². The van der Waals surface area contributed by atoms with Gasteiger partial charge in [-0.05, 0) is 17.7 Å². The molecule has 2 aromatic rings. The van der Waals surface area contributed by atoms with Gasteiger partial charge < -0.3 is 4.57 Å². The van der Waals surface area contributed by atoms with Crippen LogP contribution in [0.1, 0.15) is 17.7 Å². The van der Waals surface area contributed by atoms with E-state index in [9.17, 15) is 4.39 Å². The third-order valence-corrected chi connectivity index (χ3v) is 3.22. The van der Waals surface area contributed by atoms with E-state index < -0.39 is 0 Å². The minimum Gasteiger partial charge on any atom is -0.334 e. The molecule has 0 atom stereocenters. The Morgan fingerprint density at radius 1 is 1.28 bits per heavy atom. The van der Waals surface area contributed by atoms with Crippen molar-refractivity contribution < 1.29 is 4.39 Å². The van der Waals surface area contributed by atoms with E-state index in [-0.39, 0.29) is 5.82 Å². The van der Waals surface area contributed by atoms with Crippen molar-refractivity contribution in [2.45, 2.75) is 25.9 Å². The number of rotatable bonds is 2. The van der Waals surface area contributed by atoms with Gasteiger partial charge in [0.2, 0.25) is 0 Å². The maximum absolute atomic E-state index is 12.8. The molecular weight excluding hydrogens is 229 g/mol. The van der Waals surface area contributed by atoms with Gasteiger partial charge in [-0.3, -0.25) is 4.99 Å². The van der Waals surface area contributed by atoms with Gasteiger partial charge in [0.1, 0.15) is 5.82 Å². The third kappa shape index (κ3) is 2.32. The van der Waals surface area contributed by atoms with Gasteiger partial charge in [-0.25, -0.2) is 9.37 Å². The SMILES string of the molecule is Fc1ccc(CN=C2CCn3cncc3C2)cc1. The molecule has 4 heteroatoms. The molecule has 0 fully saturated rings. The summed E-state index contributed by atoms with van der Waals surface area (Å²) in [4.78, 5) is 8.75. The van der Waals surface area contributed by atoms with Crippen molar-refractivity contribution in [2.24, 2.45) is 4.99 Å². The van der Waals surface area contributed by atoms with E-state index >= 15 is 0 Å². The van der Waals surface area contributed by atoms with Crippen molar-refractivity contribution in [3.05, 3.63) is 53.9 Å². The summed E-state index contributed by atoms with van der Waals surface area (Å²) < 4.78 is 14.9. The Morgan fingerprint density at radius 3 is 2.94 bits per heavy atom. The smallest absolute Gasteiger partial charge is 0.123 e. The zero-order chi connectivity index (χ0) is 12.4. The summed E-state index contributed by atoms with van der Waals surface area (Å²) >= 11 is 0. The Morgan fingerprint density at radius 2 is 2.11 bits per heavy atom. The summed E-state index contributed by atoms with van der Waals surface area (Å²) in [6.07, 6.45) is 5.62. The minimum atomic E-state index is -0.201. The van der Waals surface area contributed by atoms with Crippen molar-refractivity contribution in [3.8, 4) is 0 Å². The predicted molar refractivity (Wildman–Crippen MR) is 68.1 cm³/mol. The second-order valence-corrected chi connectivity index (χ2v) is 4.51. The average Bonchev–Trinajstić information content (AvgIpc) is 2.85. The van der Waals surface area contributed by atoms with Crippen molar-refractivity contribution in [3.63, 3.8) is 0 Å². The van der Waals surface area contributed by atoms with E-state index in [0.29, 0.717) is 6.54 Å². The first kappa shape index (κ1) is 11.1. The van der Waals surface area contributed by atoms with Crippen molar-refractivity contribution in [1.29, 1.82) is 0 Å². The Kier molecular flexibility index (Phi) is 2.92. The molecule has 0 saturated heterocycles. The number of halogens is 1. The number of aliphatic imine (C=N–C) groups is 1. The van der Waals surface area contributed by atoms with Gasteiger partial charge in [0.25, 0.3) is 0 Å². The van der Waals surface area contributed by atoms with Crippen LogP contribution in [0.4, 0.5) is 4.39 Å². The molecule has 1 aromatic heterocycles. The van der Waals surface area contributed by atoms with Crippen LogP contribution in [0, 0.1) is 5.82 Å². The standard InChI is InChI=1S/C14H14FN3/c15-12-3-1-11(2-4-12)8-17-13-5-6-18-10-16-9-14(18)7-13/h1-4,9-10H,5-8H2. The van der Waals surface area contributed by atoms with Gasteiger partial charge in [0, 0.05) is 37.0 Å². The lowest BCUT2D eigenvalue weighted by Crippen LogP contribution is -2.18. The van der Waals surface area contributed by atoms with Crippen LogP contribution in [0.15, 0.2) is 41.8 Å². The first-order valence-corrected chi connectivity index (χ1v) is 6.07. The lowest BCUT2D eigenvalue weighted by atomic mass is 10.1. The lowest BCUT2D eigenvalue weighted by molar-refractivity contribution is 0.627. The summed E-state index contributed by atoms with van der Waals surface area (Å²) in [6, 6.07) is 6.52. The number of fused-ring (bicyclic) bond motifs is 1. The fourth-order valence-electron chi connectivity index (χ4n) is 2.17. The van der Waals surface area contributed by atoms with E-state index in [0.717, 1.165) is 24.9 Å². The second-order valence-electron chi connectivity index (χ2n) is 4.51. The Hall–Kier alpha value is -1.97. The molecule has 0 N–H and O–H groups in total. The molecule has 0 bridgehead atoms. The highest BCUT2D eigenvalue weighted by molar-refractivity contribution is 5.87. The monoisotopic (exact) mass is 243 g/mol.